The van der Waals surface area contributed by atoms with Gasteiger partial charge in [0.25, 0.3) is 0 Å². The molecule has 1 aromatic carbocycles. The second-order valence-corrected chi connectivity index (χ2v) is 7.01. The van der Waals surface area contributed by atoms with Crippen LogP contribution in [0.25, 0.3) is 0 Å². The number of carbonyl (C=O) groups is 2. The third kappa shape index (κ3) is 3.92. The number of rotatable bonds is 5. The van der Waals surface area contributed by atoms with Crippen molar-refractivity contribution in [1.82, 2.24) is 4.90 Å². The maximum absolute atomic E-state index is 12.5. The number of carboxylic acid groups (broad SMARTS) is 1. The van der Waals surface area contributed by atoms with E-state index in [9.17, 15) is 14.7 Å². The molecule has 4 heteroatoms. The average Bonchev–Trinajstić information content (AvgIpc) is 2.99. The lowest BCUT2D eigenvalue weighted by Crippen LogP contribution is -2.38. The maximum atomic E-state index is 12.5. The molecule has 23 heavy (non-hydrogen) atoms. The van der Waals surface area contributed by atoms with E-state index in [-0.39, 0.29) is 12.3 Å². The van der Waals surface area contributed by atoms with Crippen molar-refractivity contribution in [1.29, 1.82) is 0 Å². The van der Waals surface area contributed by atoms with Gasteiger partial charge in [0, 0.05) is 31.4 Å². The lowest BCUT2D eigenvalue weighted by atomic mass is 9.82. The summed E-state index contributed by atoms with van der Waals surface area (Å²) in [6, 6.07) is 9.45. The van der Waals surface area contributed by atoms with Gasteiger partial charge in [-0.15, -0.1) is 0 Å². The lowest BCUT2D eigenvalue weighted by Gasteiger charge is -2.22. The molecule has 1 saturated carbocycles. The highest BCUT2D eigenvalue weighted by atomic mass is 16.4. The minimum Gasteiger partial charge on any atom is -0.550 e. The van der Waals surface area contributed by atoms with Gasteiger partial charge in [0.15, 0.2) is 0 Å². The molecule has 0 radical (unpaired) electrons. The summed E-state index contributed by atoms with van der Waals surface area (Å²) in [6.07, 6.45) is 5.36. The van der Waals surface area contributed by atoms with Crippen molar-refractivity contribution in [3.63, 3.8) is 0 Å². The summed E-state index contributed by atoms with van der Waals surface area (Å²) in [5.74, 6) is -0.637. The highest BCUT2D eigenvalue weighted by molar-refractivity contribution is 5.82. The zero-order chi connectivity index (χ0) is 16.2. The lowest BCUT2D eigenvalue weighted by molar-refractivity contribution is -0.311. The molecule has 1 saturated heterocycles. The summed E-state index contributed by atoms with van der Waals surface area (Å²) in [5, 5.41) is 11.4. The molecule has 0 N–H and O–H groups in total. The summed E-state index contributed by atoms with van der Waals surface area (Å²) in [4.78, 5) is 25.8. The van der Waals surface area contributed by atoms with E-state index < -0.39 is 11.9 Å². The Balaban J connectivity index is 1.59. The van der Waals surface area contributed by atoms with Crippen LogP contribution in [0.15, 0.2) is 30.3 Å². The van der Waals surface area contributed by atoms with E-state index in [0.717, 1.165) is 18.7 Å². The standard InChI is InChI=1S/C19H25NO3/c21-18(20-12-15-8-4-5-9-16(15)13-20)11-17(19(22)23)10-14-6-2-1-3-7-14/h1-3,6-7,15-17H,4-5,8-13H2,(H,22,23)/p-1/t15-,16-,17-/m0/s1. The van der Waals surface area contributed by atoms with Crippen molar-refractivity contribution in [2.24, 2.45) is 17.8 Å². The number of fused-ring (bicyclic) bond motifs is 1. The number of aliphatic carboxylic acids is 1. The monoisotopic (exact) mass is 314 g/mol. The van der Waals surface area contributed by atoms with Gasteiger partial charge in [-0.05, 0) is 36.7 Å². The number of hydrogen-bond donors (Lipinski definition) is 0. The summed E-state index contributed by atoms with van der Waals surface area (Å²) in [5.41, 5.74) is 0.935. The van der Waals surface area contributed by atoms with E-state index in [1.54, 1.807) is 0 Å². The Bertz CT molecular complexity index is 543. The zero-order valence-electron chi connectivity index (χ0n) is 13.4. The number of carboxylic acids is 1. The summed E-state index contributed by atoms with van der Waals surface area (Å²) >= 11 is 0. The van der Waals surface area contributed by atoms with E-state index in [4.69, 9.17) is 0 Å². The van der Waals surface area contributed by atoms with Gasteiger partial charge in [-0.2, -0.15) is 0 Å². The van der Waals surface area contributed by atoms with Crippen LogP contribution in [0.3, 0.4) is 0 Å². The van der Waals surface area contributed by atoms with Crippen LogP contribution in [0.5, 0.6) is 0 Å². The molecule has 0 bridgehead atoms. The van der Waals surface area contributed by atoms with E-state index in [1.807, 2.05) is 35.2 Å². The number of carbonyl (C=O) groups excluding carboxylic acids is 2. The quantitative estimate of drug-likeness (QED) is 0.830. The number of nitrogens with zero attached hydrogens (tertiary/aromatic N) is 1. The second kappa shape index (κ2) is 7.16. The SMILES string of the molecule is O=C([O-])[C@H](CC(=O)N1C[C@@H]2CCCC[C@H]2C1)Cc1ccccc1. The zero-order valence-corrected chi connectivity index (χ0v) is 13.4. The largest absolute Gasteiger partial charge is 0.550 e. The Morgan fingerprint density at radius 3 is 2.26 bits per heavy atom. The van der Waals surface area contributed by atoms with Crippen molar-refractivity contribution in [2.75, 3.05) is 13.1 Å². The Morgan fingerprint density at radius 1 is 1.09 bits per heavy atom. The predicted octanol–water partition coefficient (Wildman–Crippen LogP) is 1.63. The summed E-state index contributed by atoms with van der Waals surface area (Å²) in [7, 11) is 0. The Labute approximate surface area is 137 Å². The highest BCUT2D eigenvalue weighted by Gasteiger charge is 2.36. The molecule has 0 spiro atoms. The molecular weight excluding hydrogens is 290 g/mol. The van der Waals surface area contributed by atoms with Crippen molar-refractivity contribution in [2.45, 2.75) is 38.5 Å². The topological polar surface area (TPSA) is 60.4 Å². The van der Waals surface area contributed by atoms with Gasteiger partial charge in [0.1, 0.15) is 0 Å². The number of benzene rings is 1. The maximum Gasteiger partial charge on any atom is 0.223 e. The van der Waals surface area contributed by atoms with Crippen molar-refractivity contribution in [3.05, 3.63) is 35.9 Å². The molecule has 124 valence electrons. The molecule has 3 atom stereocenters. The van der Waals surface area contributed by atoms with Gasteiger partial charge < -0.3 is 14.8 Å². The first-order chi connectivity index (χ1) is 11.1. The summed E-state index contributed by atoms with van der Waals surface area (Å²) in [6.45, 7) is 1.63. The molecule has 0 unspecified atom stereocenters. The van der Waals surface area contributed by atoms with Crippen LogP contribution >= 0.6 is 0 Å². The van der Waals surface area contributed by atoms with Crippen LogP contribution in [0, 0.1) is 17.8 Å². The molecule has 4 nitrogen and oxygen atoms in total. The molecule has 1 aliphatic carbocycles. The Hall–Kier alpha value is -1.84. The van der Waals surface area contributed by atoms with Gasteiger partial charge in [-0.3, -0.25) is 4.79 Å². The van der Waals surface area contributed by atoms with Gasteiger partial charge in [-0.25, -0.2) is 0 Å². The fourth-order valence-electron chi connectivity index (χ4n) is 4.09. The highest BCUT2D eigenvalue weighted by Crippen LogP contribution is 2.36. The molecule has 2 aliphatic rings. The van der Waals surface area contributed by atoms with Gasteiger partial charge in [0.05, 0.1) is 0 Å². The number of hydrogen-bond acceptors (Lipinski definition) is 3. The van der Waals surface area contributed by atoms with Crippen LogP contribution < -0.4 is 5.11 Å². The molecule has 1 amide bonds. The van der Waals surface area contributed by atoms with Crippen molar-refractivity contribution < 1.29 is 14.7 Å². The molecule has 0 aromatic heterocycles. The first-order valence-electron chi connectivity index (χ1n) is 8.66. The molecule has 2 fully saturated rings. The van der Waals surface area contributed by atoms with Gasteiger partial charge in [-0.1, -0.05) is 43.2 Å². The van der Waals surface area contributed by atoms with Crippen molar-refractivity contribution >= 4 is 11.9 Å². The fourth-order valence-corrected chi connectivity index (χ4v) is 4.09. The molecule has 3 rings (SSSR count). The Morgan fingerprint density at radius 2 is 1.70 bits per heavy atom. The van der Waals surface area contributed by atoms with Crippen LogP contribution in [0.1, 0.15) is 37.7 Å². The van der Waals surface area contributed by atoms with Crippen LogP contribution in [0.4, 0.5) is 0 Å². The predicted molar refractivity (Wildman–Crippen MR) is 85.3 cm³/mol. The first-order valence-corrected chi connectivity index (χ1v) is 8.66. The summed E-state index contributed by atoms with van der Waals surface area (Å²) < 4.78 is 0. The van der Waals surface area contributed by atoms with E-state index in [0.29, 0.717) is 18.3 Å². The first kappa shape index (κ1) is 16.0. The molecule has 1 aliphatic heterocycles. The minimum absolute atomic E-state index is 0.0236. The van der Waals surface area contributed by atoms with E-state index in [2.05, 4.69) is 0 Å². The molecule has 1 heterocycles. The fraction of sp³-hybridized carbons (Fsp3) is 0.579. The van der Waals surface area contributed by atoms with Gasteiger partial charge in [0.2, 0.25) is 5.91 Å². The minimum atomic E-state index is -1.13. The molecular formula is C19H24NO3-. The van der Waals surface area contributed by atoms with E-state index in [1.165, 1.54) is 25.7 Å². The number of amides is 1. The van der Waals surface area contributed by atoms with Crippen LogP contribution in [-0.4, -0.2) is 29.9 Å². The third-order valence-corrected chi connectivity index (χ3v) is 5.41. The number of likely N-dealkylation sites (tertiary alicyclic amines) is 1. The average molecular weight is 314 g/mol. The molecule has 1 aromatic rings. The van der Waals surface area contributed by atoms with Gasteiger partial charge >= 0.3 is 0 Å². The van der Waals surface area contributed by atoms with Crippen LogP contribution in [0.2, 0.25) is 0 Å². The second-order valence-electron chi connectivity index (χ2n) is 7.01. The Kier molecular flexibility index (Phi) is 4.99. The smallest absolute Gasteiger partial charge is 0.223 e. The van der Waals surface area contributed by atoms with Crippen molar-refractivity contribution in [3.8, 4) is 0 Å². The van der Waals surface area contributed by atoms with Crippen LogP contribution in [-0.2, 0) is 16.0 Å². The van der Waals surface area contributed by atoms with E-state index >= 15 is 0 Å². The normalized spacial score (nSPS) is 25.0. The third-order valence-electron chi connectivity index (χ3n) is 5.41.